The molecule has 0 aromatic heterocycles. The van der Waals surface area contributed by atoms with Crippen LogP contribution >= 0.6 is 23.5 Å². The van der Waals surface area contributed by atoms with E-state index in [1.165, 1.54) is 150 Å². The van der Waals surface area contributed by atoms with Crippen molar-refractivity contribution in [2.75, 3.05) is 28.4 Å². The molecular weight excluding hydrogens is 1220 g/mol. The Morgan fingerprint density at radius 2 is 0.523 bits per heavy atom. The van der Waals surface area contributed by atoms with E-state index in [0.717, 1.165) is 54.9 Å². The fourth-order valence-corrected chi connectivity index (χ4v) is 10.8. The summed E-state index contributed by atoms with van der Waals surface area (Å²) in [6, 6.07) is 56.5. The largest absolute Gasteiger partial charge is 0.497 e. The van der Waals surface area contributed by atoms with Gasteiger partial charge in [0.1, 0.15) is 23.0 Å². The summed E-state index contributed by atoms with van der Waals surface area (Å²) in [4.78, 5) is 2.15. The number of hydrogen-bond acceptors (Lipinski definition) is 8. The van der Waals surface area contributed by atoms with Crippen molar-refractivity contribution in [3.05, 3.63) is 262 Å². The van der Waals surface area contributed by atoms with Crippen molar-refractivity contribution in [1.82, 2.24) is 0 Å². The van der Waals surface area contributed by atoms with Gasteiger partial charge in [0.2, 0.25) is 0 Å². The van der Waals surface area contributed by atoms with Gasteiger partial charge in [-0.3, -0.25) is 0 Å². The van der Waals surface area contributed by atoms with Gasteiger partial charge in [-0.1, -0.05) is 145 Å². The van der Waals surface area contributed by atoms with E-state index in [2.05, 4.69) is 0 Å². The molecule has 86 heavy (non-hydrogen) atoms. The molecule has 8 aromatic rings. The summed E-state index contributed by atoms with van der Waals surface area (Å²) < 4.78 is 202. The topological polar surface area (TPSA) is 71.1 Å². The first kappa shape index (κ1) is 68.9. The van der Waals surface area contributed by atoms with Crippen molar-refractivity contribution in [2.45, 2.75) is 44.3 Å². The molecule has 0 saturated heterocycles. The molecule has 0 radical (unpaired) electrons. The molecular formula is C64H52F12O6S4. The zero-order valence-electron chi connectivity index (χ0n) is 45.7. The molecule has 2 unspecified atom stereocenters. The Balaban J connectivity index is 0.000000209. The van der Waals surface area contributed by atoms with E-state index in [1.807, 2.05) is 12.1 Å². The lowest BCUT2D eigenvalue weighted by Crippen LogP contribution is -2.11. The lowest BCUT2D eigenvalue weighted by atomic mass is 10.1. The number of halogens is 12. The second kappa shape index (κ2) is 33.1. The van der Waals surface area contributed by atoms with Gasteiger partial charge in [0.15, 0.2) is 0 Å². The molecule has 2 atom stereocenters. The molecule has 22 heteroatoms. The minimum Gasteiger partial charge on any atom is -0.497 e. The summed E-state index contributed by atoms with van der Waals surface area (Å²) in [6.45, 7) is 0. The molecule has 6 nitrogen and oxygen atoms in total. The molecule has 0 aliphatic rings. The average molecular weight is 1270 g/mol. The van der Waals surface area contributed by atoms with Crippen molar-refractivity contribution >= 4 is 67.4 Å². The summed E-state index contributed by atoms with van der Waals surface area (Å²) in [7, 11) is 2.05. The molecule has 0 spiro atoms. The lowest BCUT2D eigenvalue weighted by molar-refractivity contribution is -0.0696. The SMILES string of the molecule is COc1ccc(/C(=C/S(=O)c2ccccc2)C(F)(F)F)cc1.COc1ccc(/C(=C/Sc2ccccc2)C(F)(F)F)cc1.COc1ccc(/C(=C\S(=O)c2ccccc2)C(F)(F)F)cc1.COc1ccc(/C(=C\Sc2ccccc2)C(F)(F)F)cc1. The Hall–Kier alpha value is -7.92. The van der Waals surface area contributed by atoms with Crippen LogP contribution in [0.3, 0.4) is 0 Å². The highest BCUT2D eigenvalue weighted by atomic mass is 32.2. The minimum absolute atomic E-state index is 0.0578. The quantitative estimate of drug-likeness (QED) is 0.0700. The van der Waals surface area contributed by atoms with E-state index in [9.17, 15) is 61.1 Å². The molecule has 8 rings (SSSR count). The molecule has 8 aromatic carbocycles. The molecule has 0 amide bonds. The maximum Gasteiger partial charge on any atom is 0.417 e. The van der Waals surface area contributed by atoms with E-state index in [1.54, 1.807) is 84.9 Å². The highest BCUT2D eigenvalue weighted by molar-refractivity contribution is 8.02. The number of allylic oxidation sites excluding steroid dienone is 4. The van der Waals surface area contributed by atoms with Crippen molar-refractivity contribution in [3.8, 4) is 23.0 Å². The van der Waals surface area contributed by atoms with Gasteiger partial charge in [0.05, 0.1) is 72.3 Å². The summed E-state index contributed by atoms with van der Waals surface area (Å²) >= 11 is 2.09. The Morgan fingerprint density at radius 1 is 0.314 bits per heavy atom. The van der Waals surface area contributed by atoms with Crippen LogP contribution in [0.2, 0.25) is 0 Å². The number of ether oxygens (including phenoxy) is 4. The monoisotopic (exact) mass is 1270 g/mol. The first-order valence-electron chi connectivity index (χ1n) is 24.9. The van der Waals surface area contributed by atoms with Gasteiger partial charge >= 0.3 is 24.7 Å². The van der Waals surface area contributed by atoms with Crippen molar-refractivity contribution in [2.24, 2.45) is 0 Å². The van der Waals surface area contributed by atoms with Gasteiger partial charge in [-0.25, -0.2) is 8.42 Å². The second-order valence-electron chi connectivity index (χ2n) is 17.1. The van der Waals surface area contributed by atoms with Crippen LogP contribution in [0, 0.1) is 0 Å². The standard InChI is InChI=1S/2C16H13F3O2S.2C16H13F3OS/c2*1-21-13-9-7-12(8-10-13)15(16(17,18)19)11-22(20)14-5-3-2-4-6-14;2*1-20-13-9-7-12(8-10-13)15(16(17,18)19)11-21-14-5-3-2-4-6-14/h2*2-11H,1H3;2*2-11H,1H3/b15-11+;15-11-;15-11+;15-11-. The average Bonchev–Trinajstić information content (AvgIpc) is 3.45. The van der Waals surface area contributed by atoms with Crippen molar-refractivity contribution < 1.29 is 80.1 Å². The first-order chi connectivity index (χ1) is 40.8. The number of hydrogen-bond donors (Lipinski definition) is 0. The van der Waals surface area contributed by atoms with E-state index in [-0.39, 0.29) is 22.3 Å². The molecule has 0 bridgehead atoms. The highest BCUT2D eigenvalue weighted by Crippen LogP contribution is 2.41. The molecule has 0 fully saturated rings. The smallest absolute Gasteiger partial charge is 0.417 e. The van der Waals surface area contributed by atoms with E-state index in [0.29, 0.717) is 32.8 Å². The molecule has 0 aliphatic heterocycles. The van der Waals surface area contributed by atoms with Gasteiger partial charge in [0.25, 0.3) is 0 Å². The van der Waals surface area contributed by atoms with E-state index >= 15 is 0 Å². The highest BCUT2D eigenvalue weighted by Gasteiger charge is 2.38. The van der Waals surface area contributed by atoms with Crippen LogP contribution < -0.4 is 18.9 Å². The molecule has 0 heterocycles. The van der Waals surface area contributed by atoms with Gasteiger partial charge in [0, 0.05) is 30.4 Å². The van der Waals surface area contributed by atoms with Crippen LogP contribution in [-0.4, -0.2) is 61.6 Å². The summed E-state index contributed by atoms with van der Waals surface area (Å²) in [6.07, 6.45) is -18.0. The number of methoxy groups -OCH3 is 4. The fraction of sp³-hybridized carbons (Fsp3) is 0.125. The zero-order chi connectivity index (χ0) is 62.9. The van der Waals surface area contributed by atoms with Gasteiger partial charge in [-0.05, 0) is 130 Å². The van der Waals surface area contributed by atoms with Gasteiger partial charge < -0.3 is 18.9 Å². The summed E-state index contributed by atoms with van der Waals surface area (Å²) in [5, 5.41) is 3.74. The van der Waals surface area contributed by atoms with E-state index < -0.39 is 68.6 Å². The van der Waals surface area contributed by atoms with Crippen molar-refractivity contribution in [3.63, 3.8) is 0 Å². The summed E-state index contributed by atoms with van der Waals surface area (Å²) in [5.41, 5.74) is -3.08. The zero-order valence-corrected chi connectivity index (χ0v) is 49.0. The third-order valence-electron chi connectivity index (χ3n) is 11.3. The normalized spacial score (nSPS) is 13.0. The predicted molar refractivity (Wildman–Crippen MR) is 318 cm³/mol. The lowest BCUT2D eigenvalue weighted by Gasteiger charge is -2.12. The van der Waals surface area contributed by atoms with E-state index in [4.69, 9.17) is 18.9 Å². The number of alkyl halides is 12. The third kappa shape index (κ3) is 22.5. The Bertz CT molecular complexity index is 3270. The van der Waals surface area contributed by atoms with Crippen LogP contribution in [0.25, 0.3) is 22.3 Å². The number of thioether (sulfide) groups is 2. The Labute approximate surface area is 502 Å². The predicted octanol–water partition coefficient (Wildman–Crippen LogP) is 19.6. The maximum absolute atomic E-state index is 13.2. The van der Waals surface area contributed by atoms with Crippen LogP contribution in [0.4, 0.5) is 52.7 Å². The Kier molecular flexibility index (Phi) is 26.5. The van der Waals surface area contributed by atoms with Crippen LogP contribution in [0.1, 0.15) is 22.3 Å². The minimum atomic E-state index is -4.60. The van der Waals surface area contributed by atoms with Gasteiger partial charge in [-0.2, -0.15) is 52.7 Å². The number of benzene rings is 8. The maximum atomic E-state index is 13.2. The molecule has 0 aliphatic carbocycles. The molecule has 452 valence electrons. The fourth-order valence-electron chi connectivity index (χ4n) is 6.99. The van der Waals surface area contributed by atoms with Crippen molar-refractivity contribution in [1.29, 1.82) is 0 Å². The first-order valence-corrected chi connectivity index (χ1v) is 29.1. The van der Waals surface area contributed by atoms with Crippen LogP contribution in [-0.2, 0) is 21.6 Å². The summed E-state index contributed by atoms with van der Waals surface area (Å²) in [5.74, 6) is 1.95. The molecule has 0 saturated carbocycles. The second-order valence-corrected chi connectivity index (χ2v) is 21.6. The number of rotatable bonds is 16. The van der Waals surface area contributed by atoms with Crippen LogP contribution in [0.15, 0.2) is 260 Å². The van der Waals surface area contributed by atoms with Gasteiger partial charge in [-0.15, -0.1) is 0 Å². The Morgan fingerprint density at radius 3 is 0.733 bits per heavy atom. The molecule has 0 N–H and O–H groups in total. The third-order valence-corrected chi connectivity index (χ3v) is 15.5. The van der Waals surface area contributed by atoms with Crippen LogP contribution in [0.5, 0.6) is 23.0 Å².